The minimum atomic E-state index is -0.589. The summed E-state index contributed by atoms with van der Waals surface area (Å²) in [5.74, 6) is -0.538. The number of hydrogen-bond acceptors (Lipinski definition) is 4. The number of aryl methyl sites for hydroxylation is 1. The normalized spacial score (nSPS) is 10.8. The number of fused-ring (bicyclic) bond motifs is 1. The quantitative estimate of drug-likeness (QED) is 0.632. The van der Waals surface area contributed by atoms with Crippen molar-refractivity contribution >= 4 is 28.8 Å². The van der Waals surface area contributed by atoms with E-state index in [1.807, 2.05) is 23.6 Å². The topological polar surface area (TPSA) is 110 Å². The molecule has 0 aliphatic carbocycles. The number of imidazole rings is 1. The smallest absolute Gasteiger partial charge is 0.257 e. The average Bonchev–Trinajstić information content (AvgIpc) is 2.98. The molecule has 1 heterocycles. The summed E-state index contributed by atoms with van der Waals surface area (Å²) < 4.78 is 1.92. The molecule has 0 saturated carbocycles. The molecule has 26 heavy (non-hydrogen) atoms. The van der Waals surface area contributed by atoms with E-state index >= 15 is 0 Å². The molecule has 4 N–H and O–H groups in total. The Morgan fingerprint density at radius 2 is 1.96 bits per heavy atom. The van der Waals surface area contributed by atoms with Gasteiger partial charge in [0.1, 0.15) is 0 Å². The number of rotatable bonds is 6. The van der Waals surface area contributed by atoms with E-state index < -0.39 is 5.91 Å². The van der Waals surface area contributed by atoms with Gasteiger partial charge in [0.15, 0.2) is 0 Å². The van der Waals surface area contributed by atoms with Crippen molar-refractivity contribution in [3.63, 3.8) is 0 Å². The average molecular weight is 352 g/mol. The molecule has 2 amide bonds. The Morgan fingerprint density at radius 3 is 2.65 bits per heavy atom. The maximum atomic E-state index is 12.6. The van der Waals surface area contributed by atoms with Crippen LogP contribution in [0.25, 0.3) is 11.0 Å². The number of aliphatic hydroxyl groups is 1. The highest BCUT2D eigenvalue weighted by atomic mass is 16.3. The van der Waals surface area contributed by atoms with E-state index in [1.54, 1.807) is 24.3 Å². The summed E-state index contributed by atoms with van der Waals surface area (Å²) in [6.45, 7) is 2.65. The summed E-state index contributed by atoms with van der Waals surface area (Å²) >= 11 is 0. The first kappa shape index (κ1) is 17.6. The molecule has 1 aromatic heterocycles. The van der Waals surface area contributed by atoms with Crippen LogP contribution in [-0.4, -0.2) is 26.5 Å². The number of nitrogens with zero attached hydrogens (tertiary/aromatic N) is 2. The zero-order valence-corrected chi connectivity index (χ0v) is 14.4. The van der Waals surface area contributed by atoms with Crippen molar-refractivity contribution in [2.45, 2.75) is 26.5 Å². The number of carbonyl (C=O) groups is 2. The number of nitrogens with two attached hydrogens (primary N) is 1. The van der Waals surface area contributed by atoms with E-state index in [0.717, 1.165) is 17.5 Å². The third-order valence-corrected chi connectivity index (χ3v) is 4.08. The van der Waals surface area contributed by atoms with Crippen LogP contribution >= 0.6 is 0 Å². The van der Waals surface area contributed by atoms with Crippen LogP contribution in [0.1, 0.15) is 39.6 Å². The predicted molar refractivity (Wildman–Crippen MR) is 98.9 cm³/mol. The first-order valence-electron chi connectivity index (χ1n) is 8.34. The molecule has 0 saturated heterocycles. The third-order valence-electron chi connectivity index (χ3n) is 4.08. The van der Waals surface area contributed by atoms with Gasteiger partial charge in [-0.1, -0.05) is 19.1 Å². The Kier molecular flexibility index (Phi) is 4.99. The monoisotopic (exact) mass is 352 g/mol. The standard InChI is InChI=1S/C19H20N4O3/c1-2-8-23-16-7-6-12(11-24)9-15(16)21-19(23)22-18(26)14-5-3-4-13(10-14)17(20)25/h3-7,9-10,24H,2,8,11H2,1H3,(H2,20,25)(H,21,22,26). The van der Waals surface area contributed by atoms with Crippen LogP contribution < -0.4 is 11.1 Å². The van der Waals surface area contributed by atoms with Crippen molar-refractivity contribution in [1.82, 2.24) is 9.55 Å². The molecular weight excluding hydrogens is 332 g/mol. The highest BCUT2D eigenvalue weighted by Crippen LogP contribution is 2.22. The van der Waals surface area contributed by atoms with Gasteiger partial charge in [-0.25, -0.2) is 4.98 Å². The fourth-order valence-electron chi connectivity index (χ4n) is 2.81. The number of nitrogens with one attached hydrogen (secondary N) is 1. The van der Waals surface area contributed by atoms with Gasteiger partial charge in [0.05, 0.1) is 17.6 Å². The number of benzene rings is 2. The zero-order valence-electron chi connectivity index (χ0n) is 14.4. The minimum absolute atomic E-state index is 0.0713. The number of amides is 2. The van der Waals surface area contributed by atoms with Gasteiger partial charge in [-0.3, -0.25) is 14.9 Å². The van der Waals surface area contributed by atoms with Crippen molar-refractivity contribution in [3.8, 4) is 0 Å². The molecule has 134 valence electrons. The highest BCUT2D eigenvalue weighted by Gasteiger charge is 2.15. The van der Waals surface area contributed by atoms with Crippen LogP contribution in [0.3, 0.4) is 0 Å². The molecule has 0 aliphatic heterocycles. The van der Waals surface area contributed by atoms with E-state index in [1.165, 1.54) is 6.07 Å². The van der Waals surface area contributed by atoms with Gasteiger partial charge in [0.25, 0.3) is 5.91 Å². The Morgan fingerprint density at radius 1 is 1.19 bits per heavy atom. The van der Waals surface area contributed by atoms with Crippen LogP contribution in [0.5, 0.6) is 0 Å². The largest absolute Gasteiger partial charge is 0.392 e. The number of aliphatic hydroxyl groups excluding tert-OH is 1. The number of carbonyl (C=O) groups excluding carboxylic acids is 2. The Labute approximate surface area is 150 Å². The predicted octanol–water partition coefficient (Wildman–Crippen LogP) is 2.29. The molecule has 0 unspecified atom stereocenters. The van der Waals surface area contributed by atoms with Crippen molar-refractivity contribution in [2.75, 3.05) is 5.32 Å². The first-order chi connectivity index (χ1) is 12.5. The molecular formula is C19H20N4O3. The lowest BCUT2D eigenvalue weighted by molar-refractivity contribution is 0.1000. The Hall–Kier alpha value is -3.19. The van der Waals surface area contributed by atoms with Gasteiger partial charge in [-0.2, -0.15) is 0 Å². The molecule has 3 aromatic rings. The van der Waals surface area contributed by atoms with Gasteiger partial charge >= 0.3 is 0 Å². The molecule has 0 aliphatic rings. The SMILES string of the molecule is CCCn1c(NC(=O)c2cccc(C(N)=O)c2)nc2cc(CO)ccc21. The molecule has 0 atom stereocenters. The van der Waals surface area contributed by atoms with Gasteiger partial charge in [0.2, 0.25) is 11.9 Å². The molecule has 7 nitrogen and oxygen atoms in total. The summed E-state index contributed by atoms with van der Waals surface area (Å²) in [5.41, 5.74) is 8.20. The van der Waals surface area contributed by atoms with Crippen LogP contribution in [0.4, 0.5) is 5.95 Å². The summed E-state index contributed by atoms with van der Waals surface area (Å²) in [7, 11) is 0. The minimum Gasteiger partial charge on any atom is -0.392 e. The fourth-order valence-corrected chi connectivity index (χ4v) is 2.81. The van der Waals surface area contributed by atoms with Crippen molar-refractivity contribution in [2.24, 2.45) is 5.73 Å². The lowest BCUT2D eigenvalue weighted by atomic mass is 10.1. The number of primary amides is 1. The van der Waals surface area contributed by atoms with Crippen LogP contribution in [0, 0.1) is 0 Å². The Bertz CT molecular complexity index is 978. The lowest BCUT2D eigenvalue weighted by Gasteiger charge is -2.09. The van der Waals surface area contributed by atoms with E-state index in [4.69, 9.17) is 5.73 Å². The maximum Gasteiger partial charge on any atom is 0.257 e. The number of hydrogen-bond donors (Lipinski definition) is 3. The van der Waals surface area contributed by atoms with E-state index in [-0.39, 0.29) is 18.1 Å². The van der Waals surface area contributed by atoms with Crippen LogP contribution in [-0.2, 0) is 13.2 Å². The molecule has 2 aromatic carbocycles. The molecule has 0 spiro atoms. The number of aromatic nitrogens is 2. The van der Waals surface area contributed by atoms with Crippen molar-refractivity contribution in [1.29, 1.82) is 0 Å². The molecule has 0 bridgehead atoms. The van der Waals surface area contributed by atoms with Gasteiger partial charge in [0, 0.05) is 17.7 Å². The second-order valence-electron chi connectivity index (χ2n) is 5.97. The van der Waals surface area contributed by atoms with Crippen LogP contribution in [0.2, 0.25) is 0 Å². The third kappa shape index (κ3) is 3.43. The van der Waals surface area contributed by atoms with E-state index in [9.17, 15) is 14.7 Å². The van der Waals surface area contributed by atoms with Gasteiger partial charge in [-0.15, -0.1) is 0 Å². The van der Waals surface area contributed by atoms with E-state index in [2.05, 4.69) is 10.3 Å². The molecule has 3 rings (SSSR count). The number of anilines is 1. The molecule has 0 fully saturated rings. The fraction of sp³-hybridized carbons (Fsp3) is 0.211. The zero-order chi connectivity index (χ0) is 18.7. The first-order valence-corrected chi connectivity index (χ1v) is 8.34. The maximum absolute atomic E-state index is 12.6. The van der Waals surface area contributed by atoms with E-state index in [0.29, 0.717) is 23.6 Å². The van der Waals surface area contributed by atoms with Crippen molar-refractivity contribution in [3.05, 3.63) is 59.2 Å². The highest BCUT2D eigenvalue weighted by molar-refractivity contribution is 6.05. The molecule has 0 radical (unpaired) electrons. The van der Waals surface area contributed by atoms with Crippen LogP contribution in [0.15, 0.2) is 42.5 Å². The summed E-state index contributed by atoms with van der Waals surface area (Å²) in [4.78, 5) is 28.4. The van der Waals surface area contributed by atoms with Gasteiger partial charge < -0.3 is 15.4 Å². The Balaban J connectivity index is 1.96. The van der Waals surface area contributed by atoms with Crippen molar-refractivity contribution < 1.29 is 14.7 Å². The van der Waals surface area contributed by atoms with Gasteiger partial charge in [-0.05, 0) is 42.3 Å². The summed E-state index contributed by atoms with van der Waals surface area (Å²) in [6, 6.07) is 11.7. The summed E-state index contributed by atoms with van der Waals surface area (Å²) in [5, 5.41) is 12.1. The second-order valence-corrected chi connectivity index (χ2v) is 5.97. The molecule has 7 heteroatoms. The second kappa shape index (κ2) is 7.37. The lowest BCUT2D eigenvalue weighted by Crippen LogP contribution is -2.17. The summed E-state index contributed by atoms with van der Waals surface area (Å²) in [6.07, 6.45) is 0.868.